The van der Waals surface area contributed by atoms with Gasteiger partial charge in [-0.15, -0.1) is 0 Å². The lowest BCUT2D eigenvalue weighted by Crippen LogP contribution is -2.23. The van der Waals surface area contributed by atoms with Crippen molar-refractivity contribution in [1.29, 1.82) is 0 Å². The van der Waals surface area contributed by atoms with E-state index < -0.39 is 11.6 Å². The Morgan fingerprint density at radius 3 is 2.78 bits per heavy atom. The van der Waals surface area contributed by atoms with Crippen LogP contribution >= 0.6 is 0 Å². The fourth-order valence-corrected chi connectivity index (χ4v) is 1.46. The number of nitrogens with zero attached hydrogens (tertiary/aromatic N) is 1. The number of rotatable bonds is 3. The fourth-order valence-electron chi connectivity index (χ4n) is 1.46. The molecule has 0 saturated carbocycles. The van der Waals surface area contributed by atoms with E-state index in [4.69, 9.17) is 0 Å². The normalized spacial score (nSPS) is 10.4. The van der Waals surface area contributed by atoms with Gasteiger partial charge in [0.05, 0.1) is 6.20 Å². The van der Waals surface area contributed by atoms with Crippen molar-refractivity contribution in [3.8, 4) is 0 Å². The zero-order valence-corrected chi connectivity index (χ0v) is 9.63. The van der Waals surface area contributed by atoms with Crippen LogP contribution in [-0.4, -0.2) is 15.9 Å². The first-order chi connectivity index (χ1) is 8.56. The van der Waals surface area contributed by atoms with Crippen LogP contribution in [0, 0.1) is 18.6 Å². The van der Waals surface area contributed by atoms with Crippen molar-refractivity contribution in [2.45, 2.75) is 13.5 Å². The SMILES string of the molecule is Cc1ncc(C(=O)NCc2ccc(F)c(F)c2)[nH]1. The summed E-state index contributed by atoms with van der Waals surface area (Å²) in [5, 5.41) is 2.58. The molecule has 2 aromatic rings. The Labute approximate surface area is 102 Å². The number of carbonyl (C=O) groups excluding carboxylic acids is 1. The highest BCUT2D eigenvalue weighted by atomic mass is 19.2. The monoisotopic (exact) mass is 251 g/mol. The lowest BCUT2D eigenvalue weighted by atomic mass is 10.2. The first-order valence-corrected chi connectivity index (χ1v) is 5.30. The number of aromatic nitrogens is 2. The number of benzene rings is 1. The highest BCUT2D eigenvalue weighted by Crippen LogP contribution is 2.08. The molecule has 0 unspecified atom stereocenters. The second kappa shape index (κ2) is 4.95. The van der Waals surface area contributed by atoms with Gasteiger partial charge in [0.25, 0.3) is 5.91 Å². The Bertz CT molecular complexity index is 580. The average molecular weight is 251 g/mol. The van der Waals surface area contributed by atoms with Crippen LogP contribution in [0.2, 0.25) is 0 Å². The number of nitrogens with one attached hydrogen (secondary N) is 2. The third kappa shape index (κ3) is 2.71. The number of halogens is 2. The molecule has 0 bridgehead atoms. The molecule has 0 fully saturated rings. The van der Waals surface area contributed by atoms with E-state index in [0.717, 1.165) is 12.1 Å². The molecule has 0 aliphatic carbocycles. The second-order valence-corrected chi connectivity index (χ2v) is 3.81. The maximum atomic E-state index is 12.9. The lowest BCUT2D eigenvalue weighted by molar-refractivity contribution is 0.0946. The number of carbonyl (C=O) groups is 1. The molecule has 1 heterocycles. The van der Waals surface area contributed by atoms with E-state index in [0.29, 0.717) is 17.1 Å². The second-order valence-electron chi connectivity index (χ2n) is 3.81. The van der Waals surface area contributed by atoms with Crippen LogP contribution in [0.5, 0.6) is 0 Å². The molecule has 18 heavy (non-hydrogen) atoms. The van der Waals surface area contributed by atoms with Gasteiger partial charge in [-0.05, 0) is 24.6 Å². The molecule has 4 nitrogen and oxygen atoms in total. The predicted octanol–water partition coefficient (Wildman–Crippen LogP) is 1.93. The third-order valence-corrected chi connectivity index (χ3v) is 2.38. The van der Waals surface area contributed by atoms with Gasteiger partial charge in [0, 0.05) is 6.54 Å². The molecule has 0 aliphatic rings. The van der Waals surface area contributed by atoms with Gasteiger partial charge in [-0.2, -0.15) is 0 Å². The summed E-state index contributed by atoms with van der Waals surface area (Å²) >= 11 is 0. The first kappa shape index (κ1) is 12.2. The van der Waals surface area contributed by atoms with Crippen molar-refractivity contribution in [3.63, 3.8) is 0 Å². The van der Waals surface area contributed by atoms with Crippen LogP contribution in [0.1, 0.15) is 21.9 Å². The summed E-state index contributed by atoms with van der Waals surface area (Å²) in [5.74, 6) is -1.55. The van der Waals surface area contributed by atoms with E-state index in [1.54, 1.807) is 6.92 Å². The summed E-state index contributed by atoms with van der Waals surface area (Å²) in [6.07, 6.45) is 1.41. The molecular weight excluding hydrogens is 240 g/mol. The van der Waals surface area contributed by atoms with Gasteiger partial charge in [-0.1, -0.05) is 6.07 Å². The molecule has 94 valence electrons. The number of aryl methyl sites for hydroxylation is 1. The maximum absolute atomic E-state index is 12.9. The van der Waals surface area contributed by atoms with Crippen molar-refractivity contribution in [1.82, 2.24) is 15.3 Å². The van der Waals surface area contributed by atoms with Crippen LogP contribution in [0.3, 0.4) is 0 Å². The average Bonchev–Trinajstić information content (AvgIpc) is 2.77. The summed E-state index contributed by atoms with van der Waals surface area (Å²) < 4.78 is 25.6. The van der Waals surface area contributed by atoms with Gasteiger partial charge in [0.2, 0.25) is 0 Å². The maximum Gasteiger partial charge on any atom is 0.269 e. The van der Waals surface area contributed by atoms with Gasteiger partial charge in [0.15, 0.2) is 11.6 Å². The Morgan fingerprint density at radius 1 is 1.39 bits per heavy atom. The van der Waals surface area contributed by atoms with Crippen LogP contribution in [-0.2, 0) is 6.54 Å². The number of amides is 1. The number of hydrogen-bond acceptors (Lipinski definition) is 2. The highest BCUT2D eigenvalue weighted by Gasteiger charge is 2.08. The van der Waals surface area contributed by atoms with E-state index in [2.05, 4.69) is 15.3 Å². The van der Waals surface area contributed by atoms with E-state index in [1.807, 2.05) is 0 Å². The van der Waals surface area contributed by atoms with Crippen molar-refractivity contribution in [3.05, 3.63) is 53.1 Å². The summed E-state index contributed by atoms with van der Waals surface area (Å²) in [4.78, 5) is 18.3. The Kier molecular flexibility index (Phi) is 3.36. The first-order valence-electron chi connectivity index (χ1n) is 5.30. The summed E-state index contributed by atoms with van der Waals surface area (Å²) in [6, 6.07) is 3.49. The lowest BCUT2D eigenvalue weighted by Gasteiger charge is -2.04. The van der Waals surface area contributed by atoms with Crippen LogP contribution in [0.25, 0.3) is 0 Å². The Morgan fingerprint density at radius 2 is 2.17 bits per heavy atom. The number of hydrogen-bond donors (Lipinski definition) is 2. The molecule has 6 heteroatoms. The summed E-state index contributed by atoms with van der Waals surface area (Å²) in [5.41, 5.74) is 0.813. The fraction of sp³-hybridized carbons (Fsp3) is 0.167. The molecule has 0 atom stereocenters. The zero-order chi connectivity index (χ0) is 13.1. The predicted molar refractivity (Wildman–Crippen MR) is 60.9 cm³/mol. The third-order valence-electron chi connectivity index (χ3n) is 2.38. The van der Waals surface area contributed by atoms with E-state index in [9.17, 15) is 13.6 Å². The quantitative estimate of drug-likeness (QED) is 0.875. The van der Waals surface area contributed by atoms with E-state index >= 15 is 0 Å². The molecule has 1 amide bonds. The van der Waals surface area contributed by atoms with Gasteiger partial charge >= 0.3 is 0 Å². The van der Waals surface area contributed by atoms with Crippen LogP contribution in [0.4, 0.5) is 8.78 Å². The minimum absolute atomic E-state index is 0.119. The molecule has 0 saturated heterocycles. The molecule has 2 N–H and O–H groups in total. The van der Waals surface area contributed by atoms with Crippen LogP contribution in [0.15, 0.2) is 24.4 Å². The largest absolute Gasteiger partial charge is 0.347 e. The summed E-state index contributed by atoms with van der Waals surface area (Å²) in [7, 11) is 0. The van der Waals surface area contributed by atoms with Crippen LogP contribution < -0.4 is 5.32 Å². The Hall–Kier alpha value is -2.24. The van der Waals surface area contributed by atoms with E-state index in [1.165, 1.54) is 12.3 Å². The van der Waals surface area contributed by atoms with Gasteiger partial charge in [-0.25, -0.2) is 13.8 Å². The number of imidazole rings is 1. The highest BCUT2D eigenvalue weighted by molar-refractivity contribution is 5.92. The smallest absolute Gasteiger partial charge is 0.269 e. The van der Waals surface area contributed by atoms with Crippen molar-refractivity contribution in [2.75, 3.05) is 0 Å². The summed E-state index contributed by atoms with van der Waals surface area (Å²) in [6.45, 7) is 1.85. The Balaban J connectivity index is 1.99. The minimum atomic E-state index is -0.931. The number of aromatic amines is 1. The van der Waals surface area contributed by atoms with Gasteiger partial charge in [0.1, 0.15) is 11.5 Å². The molecule has 0 radical (unpaired) electrons. The van der Waals surface area contributed by atoms with E-state index in [-0.39, 0.29) is 12.5 Å². The molecule has 0 spiro atoms. The zero-order valence-electron chi connectivity index (χ0n) is 9.63. The van der Waals surface area contributed by atoms with Gasteiger partial charge < -0.3 is 10.3 Å². The standard InChI is InChI=1S/C12H11F2N3O/c1-7-15-6-11(17-7)12(18)16-5-8-2-3-9(13)10(14)4-8/h2-4,6H,5H2,1H3,(H,15,17)(H,16,18). The topological polar surface area (TPSA) is 57.8 Å². The van der Waals surface area contributed by atoms with Crippen molar-refractivity contribution in [2.24, 2.45) is 0 Å². The molecule has 2 rings (SSSR count). The van der Waals surface area contributed by atoms with Crippen molar-refractivity contribution < 1.29 is 13.6 Å². The minimum Gasteiger partial charge on any atom is -0.347 e. The van der Waals surface area contributed by atoms with Crippen molar-refractivity contribution >= 4 is 5.91 Å². The molecule has 1 aromatic carbocycles. The number of H-pyrrole nitrogens is 1. The van der Waals surface area contributed by atoms with Gasteiger partial charge in [-0.3, -0.25) is 4.79 Å². The molecule has 1 aromatic heterocycles. The molecule has 0 aliphatic heterocycles. The molecular formula is C12H11F2N3O.